The zero-order valence-corrected chi connectivity index (χ0v) is 10.8. The van der Waals surface area contributed by atoms with Crippen LogP contribution < -0.4 is 0 Å². The van der Waals surface area contributed by atoms with Crippen molar-refractivity contribution in [2.45, 2.75) is 38.4 Å². The van der Waals surface area contributed by atoms with Gasteiger partial charge in [0, 0.05) is 25.6 Å². The van der Waals surface area contributed by atoms with E-state index in [-0.39, 0.29) is 0 Å². The maximum absolute atomic E-state index is 4.36. The molecule has 1 fully saturated rings. The van der Waals surface area contributed by atoms with Crippen molar-refractivity contribution in [2.75, 3.05) is 13.1 Å². The number of fused-ring (bicyclic) bond motifs is 1. The molecule has 0 saturated heterocycles. The summed E-state index contributed by atoms with van der Waals surface area (Å²) in [6, 6.07) is 0. The van der Waals surface area contributed by atoms with Gasteiger partial charge in [-0.1, -0.05) is 0 Å². The first-order chi connectivity index (χ1) is 9.40. The fourth-order valence-corrected chi connectivity index (χ4v) is 2.66. The zero-order valence-electron chi connectivity index (χ0n) is 10.8. The summed E-state index contributed by atoms with van der Waals surface area (Å²) in [6.07, 6.45) is 5.91. The molecule has 19 heavy (non-hydrogen) atoms. The molecule has 0 atom stereocenters. The third kappa shape index (κ3) is 2.14. The van der Waals surface area contributed by atoms with E-state index in [1.54, 1.807) is 12.7 Å². The summed E-state index contributed by atoms with van der Waals surface area (Å²) in [4.78, 5) is 6.36. The molecule has 0 aromatic carbocycles. The van der Waals surface area contributed by atoms with E-state index in [1.165, 1.54) is 18.7 Å². The van der Waals surface area contributed by atoms with Crippen LogP contribution in [0.5, 0.6) is 0 Å². The van der Waals surface area contributed by atoms with E-state index in [9.17, 15) is 0 Å². The topological polar surface area (TPSA) is 64.7 Å². The van der Waals surface area contributed by atoms with E-state index in [2.05, 4.69) is 29.7 Å². The van der Waals surface area contributed by atoms with Gasteiger partial charge in [0.2, 0.25) is 0 Å². The summed E-state index contributed by atoms with van der Waals surface area (Å²) < 4.78 is 4.19. The van der Waals surface area contributed by atoms with E-state index < -0.39 is 0 Å². The summed E-state index contributed by atoms with van der Waals surface area (Å²) in [7, 11) is 0. The number of hydrogen-bond acceptors (Lipinski definition) is 5. The van der Waals surface area contributed by atoms with Gasteiger partial charge in [-0.2, -0.15) is 5.10 Å². The molecule has 4 rings (SSSR count). The lowest BCUT2D eigenvalue weighted by Gasteiger charge is -2.27. The van der Waals surface area contributed by atoms with Gasteiger partial charge in [-0.3, -0.25) is 9.58 Å². The number of nitrogens with zero attached hydrogens (tertiary/aromatic N) is 7. The SMILES string of the molecule is c1ncn(CCN2CCn3c(nnc3C3CC3)C2)n1. The van der Waals surface area contributed by atoms with Gasteiger partial charge < -0.3 is 4.57 Å². The van der Waals surface area contributed by atoms with Crippen molar-refractivity contribution in [1.29, 1.82) is 0 Å². The first-order valence-corrected chi connectivity index (χ1v) is 6.87. The second-order valence-corrected chi connectivity index (χ2v) is 5.34. The molecular weight excluding hydrogens is 242 g/mol. The van der Waals surface area contributed by atoms with Crippen molar-refractivity contribution in [1.82, 2.24) is 34.4 Å². The second kappa shape index (κ2) is 4.41. The van der Waals surface area contributed by atoms with Gasteiger partial charge in [0.25, 0.3) is 0 Å². The Kier molecular flexibility index (Phi) is 2.58. The Hall–Kier alpha value is -1.76. The zero-order chi connectivity index (χ0) is 12.7. The molecule has 1 aliphatic heterocycles. The Bertz CT molecular complexity index is 555. The van der Waals surface area contributed by atoms with Crippen LogP contribution in [0.1, 0.15) is 30.4 Å². The molecular formula is C12H17N7. The summed E-state index contributed by atoms with van der Waals surface area (Å²) >= 11 is 0. The molecule has 1 saturated carbocycles. The van der Waals surface area contributed by atoms with Gasteiger partial charge in [-0.25, -0.2) is 4.98 Å². The van der Waals surface area contributed by atoms with Crippen LogP contribution in [0.2, 0.25) is 0 Å². The Balaban J connectivity index is 1.41. The van der Waals surface area contributed by atoms with Crippen LogP contribution in [0.25, 0.3) is 0 Å². The first kappa shape index (κ1) is 11.1. The molecule has 0 N–H and O–H groups in total. The Morgan fingerprint density at radius 2 is 2.11 bits per heavy atom. The highest BCUT2D eigenvalue weighted by molar-refractivity contribution is 5.09. The quantitative estimate of drug-likeness (QED) is 0.788. The molecule has 7 heteroatoms. The summed E-state index contributed by atoms with van der Waals surface area (Å²) in [5, 5.41) is 12.8. The van der Waals surface area contributed by atoms with Crippen LogP contribution in [0, 0.1) is 0 Å². The van der Waals surface area contributed by atoms with Crippen molar-refractivity contribution in [3.8, 4) is 0 Å². The fourth-order valence-electron chi connectivity index (χ4n) is 2.66. The van der Waals surface area contributed by atoms with Crippen molar-refractivity contribution in [2.24, 2.45) is 0 Å². The lowest BCUT2D eigenvalue weighted by atomic mass is 10.3. The van der Waals surface area contributed by atoms with Crippen LogP contribution in [0.15, 0.2) is 12.7 Å². The molecule has 2 aromatic heterocycles. The average molecular weight is 259 g/mol. The van der Waals surface area contributed by atoms with Crippen LogP contribution >= 0.6 is 0 Å². The smallest absolute Gasteiger partial charge is 0.147 e. The highest BCUT2D eigenvalue weighted by atomic mass is 15.4. The lowest BCUT2D eigenvalue weighted by molar-refractivity contribution is 0.205. The average Bonchev–Trinajstić information content (AvgIpc) is 3.00. The number of hydrogen-bond donors (Lipinski definition) is 0. The van der Waals surface area contributed by atoms with Crippen LogP contribution in [-0.4, -0.2) is 47.5 Å². The minimum atomic E-state index is 0.683. The molecule has 3 heterocycles. The maximum Gasteiger partial charge on any atom is 0.147 e. The Morgan fingerprint density at radius 1 is 1.16 bits per heavy atom. The minimum absolute atomic E-state index is 0.683. The minimum Gasteiger partial charge on any atom is -0.312 e. The highest BCUT2D eigenvalue weighted by Crippen LogP contribution is 2.39. The molecule has 0 radical (unpaired) electrons. The molecule has 0 amide bonds. The first-order valence-electron chi connectivity index (χ1n) is 6.87. The fraction of sp³-hybridized carbons (Fsp3) is 0.667. The second-order valence-electron chi connectivity index (χ2n) is 5.34. The lowest BCUT2D eigenvalue weighted by Crippen LogP contribution is -2.36. The van der Waals surface area contributed by atoms with Crippen LogP contribution in [0.4, 0.5) is 0 Å². The van der Waals surface area contributed by atoms with E-state index >= 15 is 0 Å². The maximum atomic E-state index is 4.36. The predicted molar refractivity (Wildman–Crippen MR) is 67.3 cm³/mol. The summed E-state index contributed by atoms with van der Waals surface area (Å²) in [5.74, 6) is 3.01. The van der Waals surface area contributed by atoms with Crippen molar-refractivity contribution < 1.29 is 0 Å². The Morgan fingerprint density at radius 3 is 2.89 bits per heavy atom. The largest absolute Gasteiger partial charge is 0.312 e. The van der Waals surface area contributed by atoms with Gasteiger partial charge in [0.05, 0.1) is 13.1 Å². The number of aromatic nitrogens is 6. The van der Waals surface area contributed by atoms with Crippen molar-refractivity contribution in [3.05, 3.63) is 24.3 Å². The van der Waals surface area contributed by atoms with E-state index in [0.717, 1.165) is 38.5 Å². The molecule has 2 aliphatic rings. The molecule has 7 nitrogen and oxygen atoms in total. The molecule has 0 unspecified atom stereocenters. The normalized spacial score (nSPS) is 19.6. The summed E-state index contributed by atoms with van der Waals surface area (Å²) in [6.45, 7) is 4.85. The van der Waals surface area contributed by atoms with Gasteiger partial charge >= 0.3 is 0 Å². The summed E-state index contributed by atoms with van der Waals surface area (Å²) in [5.41, 5.74) is 0. The predicted octanol–water partition coefficient (Wildman–Crippen LogP) is 0.263. The molecule has 1 aliphatic carbocycles. The van der Waals surface area contributed by atoms with Crippen molar-refractivity contribution >= 4 is 0 Å². The standard InChI is InChI=1S/C12H17N7/c1-2-10(1)12-16-15-11-7-17(4-6-19(11)12)3-5-18-9-13-8-14-18/h8-10H,1-7H2. The van der Waals surface area contributed by atoms with Gasteiger partial charge in [-0.15, -0.1) is 10.2 Å². The highest BCUT2D eigenvalue weighted by Gasteiger charge is 2.31. The molecule has 0 spiro atoms. The van der Waals surface area contributed by atoms with E-state index in [1.807, 2.05) is 4.68 Å². The molecule has 100 valence electrons. The van der Waals surface area contributed by atoms with Crippen LogP contribution in [-0.2, 0) is 19.6 Å². The van der Waals surface area contributed by atoms with Crippen LogP contribution in [0.3, 0.4) is 0 Å². The van der Waals surface area contributed by atoms with Crippen molar-refractivity contribution in [3.63, 3.8) is 0 Å². The van der Waals surface area contributed by atoms with Gasteiger partial charge in [-0.05, 0) is 12.8 Å². The molecule has 0 bridgehead atoms. The Labute approximate surface area is 111 Å². The third-order valence-corrected chi connectivity index (χ3v) is 3.92. The third-order valence-electron chi connectivity index (χ3n) is 3.92. The van der Waals surface area contributed by atoms with Gasteiger partial charge in [0.15, 0.2) is 0 Å². The molecule has 2 aromatic rings. The number of rotatable bonds is 4. The van der Waals surface area contributed by atoms with Gasteiger partial charge in [0.1, 0.15) is 24.3 Å². The monoisotopic (exact) mass is 259 g/mol. The van der Waals surface area contributed by atoms with E-state index in [0.29, 0.717) is 5.92 Å². The van der Waals surface area contributed by atoms with E-state index in [4.69, 9.17) is 0 Å².